The zero-order chi connectivity index (χ0) is 21.4. The molecule has 0 aliphatic carbocycles. The molecular formula is C27H52N2Si. The van der Waals surface area contributed by atoms with E-state index in [0.717, 1.165) is 13.1 Å². The lowest BCUT2D eigenvalue weighted by Gasteiger charge is -2.05. The minimum Gasteiger partial charge on any atom is -0.320 e. The molecule has 0 aromatic heterocycles. The molecule has 0 fully saturated rings. The van der Waals surface area contributed by atoms with Crippen LogP contribution in [0.3, 0.4) is 0 Å². The van der Waals surface area contributed by atoms with Crippen molar-refractivity contribution in [1.82, 2.24) is 10.6 Å². The van der Waals surface area contributed by atoms with E-state index in [1.54, 1.807) is 0 Å². The van der Waals surface area contributed by atoms with Gasteiger partial charge in [0.15, 0.2) is 0 Å². The summed E-state index contributed by atoms with van der Waals surface area (Å²) in [5.41, 5.74) is 1.39. The van der Waals surface area contributed by atoms with Gasteiger partial charge < -0.3 is 10.6 Å². The van der Waals surface area contributed by atoms with Crippen molar-refractivity contribution in [3.63, 3.8) is 0 Å². The van der Waals surface area contributed by atoms with Crippen molar-refractivity contribution >= 4 is 10.2 Å². The van der Waals surface area contributed by atoms with Gasteiger partial charge in [-0.2, -0.15) is 0 Å². The maximum atomic E-state index is 3.56. The fraction of sp³-hybridized carbons (Fsp3) is 0.778. The molecule has 174 valence electrons. The van der Waals surface area contributed by atoms with Crippen molar-refractivity contribution in [2.75, 3.05) is 19.3 Å². The summed E-state index contributed by atoms with van der Waals surface area (Å²) in [6.45, 7) is 3.42. The normalized spacial score (nSPS) is 11.3. The van der Waals surface area contributed by atoms with Crippen LogP contribution in [0, 0.1) is 0 Å². The van der Waals surface area contributed by atoms with Gasteiger partial charge in [0.1, 0.15) is 0 Å². The summed E-state index contributed by atoms with van der Waals surface area (Å²) in [4.78, 5) is 0. The van der Waals surface area contributed by atoms with Gasteiger partial charge in [0.2, 0.25) is 0 Å². The first-order chi connectivity index (χ1) is 14.9. The Kier molecular flexibility index (Phi) is 21.0. The van der Waals surface area contributed by atoms with Gasteiger partial charge in [-0.05, 0) is 37.7 Å². The van der Waals surface area contributed by atoms with Gasteiger partial charge in [-0.25, -0.2) is 0 Å². The van der Waals surface area contributed by atoms with Crippen molar-refractivity contribution in [3.8, 4) is 0 Å². The topological polar surface area (TPSA) is 24.1 Å². The second-order valence-corrected chi connectivity index (χ2v) is 9.73. The molecule has 0 spiro atoms. The highest BCUT2D eigenvalue weighted by Gasteiger charge is 1.96. The summed E-state index contributed by atoms with van der Waals surface area (Å²) in [6, 6.07) is 10.7. The van der Waals surface area contributed by atoms with Crippen LogP contribution in [0.25, 0.3) is 0 Å². The Bertz CT molecular complexity index is 438. The van der Waals surface area contributed by atoms with E-state index in [2.05, 4.69) is 41.0 Å². The molecule has 0 amide bonds. The summed E-state index contributed by atoms with van der Waals surface area (Å²) in [5.74, 6) is 0. The molecule has 0 saturated carbocycles. The average molecular weight is 433 g/mol. The molecule has 0 unspecified atom stereocenters. The second-order valence-electron chi connectivity index (χ2n) is 9.03. The minimum absolute atomic E-state index is 1.01. The van der Waals surface area contributed by atoms with E-state index in [-0.39, 0.29) is 0 Å². The Labute approximate surface area is 191 Å². The fourth-order valence-electron chi connectivity index (χ4n) is 4.16. The molecule has 0 bridgehead atoms. The monoisotopic (exact) mass is 432 g/mol. The third-order valence-electron chi connectivity index (χ3n) is 6.13. The molecule has 0 saturated heterocycles. The van der Waals surface area contributed by atoms with Gasteiger partial charge in [0, 0.05) is 16.8 Å². The van der Waals surface area contributed by atoms with Gasteiger partial charge >= 0.3 is 0 Å². The standard InChI is InChI=1S/C27H52N2Si/c30-26-29-24-20-15-13-11-9-7-5-3-1-2-4-6-8-10-12-14-19-23-28-25-27-21-17-16-18-22-27/h16-18,21-22,28-29H,1-15,19-20,23-26H2,30H3. The molecule has 0 atom stereocenters. The van der Waals surface area contributed by atoms with Crippen LogP contribution >= 0.6 is 0 Å². The molecule has 1 rings (SSSR count). The minimum atomic E-state index is 1.01. The lowest BCUT2D eigenvalue weighted by molar-refractivity contribution is 0.521. The summed E-state index contributed by atoms with van der Waals surface area (Å²) in [6.07, 6.45) is 25.8. The highest BCUT2D eigenvalue weighted by atomic mass is 28.1. The summed E-state index contributed by atoms with van der Waals surface area (Å²) < 4.78 is 0. The predicted molar refractivity (Wildman–Crippen MR) is 139 cm³/mol. The number of hydrogen-bond donors (Lipinski definition) is 2. The Morgan fingerprint density at radius 3 is 1.23 bits per heavy atom. The van der Waals surface area contributed by atoms with Crippen molar-refractivity contribution < 1.29 is 0 Å². The molecule has 1 aromatic rings. The predicted octanol–water partition coefficient (Wildman–Crippen LogP) is 6.32. The van der Waals surface area contributed by atoms with Gasteiger partial charge in [0.05, 0.1) is 0 Å². The Morgan fingerprint density at radius 1 is 0.467 bits per heavy atom. The smallest absolute Gasteiger partial charge is 0.0205 e. The Hall–Kier alpha value is -0.643. The van der Waals surface area contributed by atoms with E-state index in [0.29, 0.717) is 0 Å². The molecule has 30 heavy (non-hydrogen) atoms. The van der Waals surface area contributed by atoms with Gasteiger partial charge in [-0.3, -0.25) is 0 Å². The Balaban J connectivity index is 1.65. The van der Waals surface area contributed by atoms with E-state index in [4.69, 9.17) is 0 Å². The number of rotatable bonds is 23. The molecule has 3 heteroatoms. The number of hydrogen-bond acceptors (Lipinski definition) is 2. The van der Waals surface area contributed by atoms with E-state index in [9.17, 15) is 0 Å². The van der Waals surface area contributed by atoms with Crippen LogP contribution < -0.4 is 10.6 Å². The first kappa shape index (κ1) is 27.4. The zero-order valence-electron chi connectivity index (χ0n) is 20.2. The van der Waals surface area contributed by atoms with Crippen molar-refractivity contribution in [1.29, 1.82) is 0 Å². The molecule has 0 heterocycles. The lowest BCUT2D eigenvalue weighted by Crippen LogP contribution is -2.16. The molecule has 0 aliphatic rings. The van der Waals surface area contributed by atoms with Crippen LogP contribution in [0.4, 0.5) is 0 Å². The first-order valence-electron chi connectivity index (χ1n) is 13.4. The van der Waals surface area contributed by atoms with Crippen LogP contribution in [0.1, 0.15) is 115 Å². The molecule has 2 nitrogen and oxygen atoms in total. The highest BCUT2D eigenvalue weighted by Crippen LogP contribution is 2.14. The van der Waals surface area contributed by atoms with E-state index in [1.807, 2.05) is 0 Å². The van der Waals surface area contributed by atoms with E-state index < -0.39 is 0 Å². The largest absolute Gasteiger partial charge is 0.320 e. The van der Waals surface area contributed by atoms with Crippen molar-refractivity contribution in [3.05, 3.63) is 35.9 Å². The maximum absolute atomic E-state index is 3.56. The van der Waals surface area contributed by atoms with E-state index in [1.165, 1.54) is 138 Å². The van der Waals surface area contributed by atoms with Gasteiger partial charge in [0.25, 0.3) is 0 Å². The van der Waals surface area contributed by atoms with Gasteiger partial charge in [-0.1, -0.05) is 127 Å². The average Bonchev–Trinajstić information content (AvgIpc) is 2.78. The summed E-state index contributed by atoms with van der Waals surface area (Å²) in [7, 11) is 1.29. The highest BCUT2D eigenvalue weighted by molar-refractivity contribution is 6.08. The van der Waals surface area contributed by atoms with Crippen molar-refractivity contribution in [2.24, 2.45) is 0 Å². The third-order valence-corrected chi connectivity index (χ3v) is 6.63. The quantitative estimate of drug-likeness (QED) is 0.156. The van der Waals surface area contributed by atoms with E-state index >= 15 is 0 Å². The van der Waals surface area contributed by atoms with Crippen LogP contribution in [-0.2, 0) is 6.54 Å². The molecule has 0 radical (unpaired) electrons. The van der Waals surface area contributed by atoms with Crippen molar-refractivity contribution in [2.45, 2.75) is 116 Å². The van der Waals surface area contributed by atoms with Gasteiger partial charge in [-0.15, -0.1) is 0 Å². The summed E-state index contributed by atoms with van der Waals surface area (Å²) in [5, 5.41) is 7.03. The van der Waals surface area contributed by atoms with Crippen LogP contribution in [0.2, 0.25) is 0 Å². The second kappa shape index (κ2) is 23.0. The van der Waals surface area contributed by atoms with Crippen LogP contribution in [0.5, 0.6) is 0 Å². The summed E-state index contributed by atoms with van der Waals surface area (Å²) >= 11 is 0. The number of unbranched alkanes of at least 4 members (excludes halogenated alkanes) is 16. The maximum Gasteiger partial charge on any atom is 0.0205 e. The fourth-order valence-corrected chi connectivity index (χ4v) is 4.51. The first-order valence-corrected chi connectivity index (χ1v) is 14.8. The van der Waals surface area contributed by atoms with Crippen LogP contribution in [0.15, 0.2) is 30.3 Å². The third kappa shape index (κ3) is 19.3. The molecular weight excluding hydrogens is 380 g/mol. The molecule has 2 N–H and O–H groups in total. The molecule has 0 aliphatic heterocycles. The number of benzene rings is 1. The zero-order valence-corrected chi connectivity index (χ0v) is 22.2. The SMILES string of the molecule is [SiH3]CNCCCCCCCCCCCCCCCCCCCNCc1ccccc1. The number of nitrogens with one attached hydrogen (secondary N) is 2. The molecule has 1 aromatic carbocycles. The van der Waals surface area contributed by atoms with Crippen LogP contribution in [-0.4, -0.2) is 29.5 Å². The lowest BCUT2D eigenvalue weighted by atomic mass is 10.0. The Morgan fingerprint density at radius 2 is 0.833 bits per heavy atom.